The number of nitrogens with one attached hydrogen (secondary N) is 3. The lowest BCUT2D eigenvalue weighted by molar-refractivity contribution is 0.0955. The Morgan fingerprint density at radius 3 is 3.00 bits per heavy atom. The van der Waals surface area contributed by atoms with Gasteiger partial charge in [-0.1, -0.05) is 0 Å². The van der Waals surface area contributed by atoms with Gasteiger partial charge in [0.25, 0.3) is 5.91 Å². The summed E-state index contributed by atoms with van der Waals surface area (Å²) >= 11 is 0. The first-order chi connectivity index (χ1) is 9.72. The largest absolute Gasteiger partial charge is 0.383 e. The number of benzene rings is 1. The van der Waals surface area contributed by atoms with Crippen LogP contribution in [-0.4, -0.2) is 49.5 Å². The van der Waals surface area contributed by atoms with Crippen LogP contribution in [0.5, 0.6) is 0 Å². The van der Waals surface area contributed by atoms with E-state index in [-0.39, 0.29) is 5.91 Å². The molecule has 0 aliphatic rings. The average molecular weight is 276 g/mol. The van der Waals surface area contributed by atoms with Gasteiger partial charge in [-0.05, 0) is 24.6 Å². The number of aromatic amines is 1. The van der Waals surface area contributed by atoms with E-state index in [4.69, 9.17) is 4.74 Å². The quantitative estimate of drug-likeness (QED) is 0.655. The van der Waals surface area contributed by atoms with Crippen LogP contribution in [0.4, 0.5) is 0 Å². The normalized spacial score (nSPS) is 10.9. The number of carbonyl (C=O) groups is 1. The number of H-pyrrole nitrogens is 1. The van der Waals surface area contributed by atoms with Crippen molar-refractivity contribution in [3.05, 3.63) is 29.5 Å². The number of methoxy groups -OCH3 is 1. The van der Waals surface area contributed by atoms with Crippen LogP contribution >= 0.6 is 0 Å². The third-order valence-electron chi connectivity index (χ3n) is 3.01. The van der Waals surface area contributed by atoms with Crippen molar-refractivity contribution >= 4 is 16.8 Å². The first kappa shape index (κ1) is 14.5. The zero-order valence-corrected chi connectivity index (χ0v) is 11.8. The third-order valence-corrected chi connectivity index (χ3v) is 3.01. The van der Waals surface area contributed by atoms with Gasteiger partial charge in [0, 0.05) is 32.1 Å². The van der Waals surface area contributed by atoms with Gasteiger partial charge in [0.15, 0.2) is 0 Å². The number of carbonyl (C=O) groups excluding carboxylic acids is 1. The van der Waals surface area contributed by atoms with Crippen LogP contribution in [0.3, 0.4) is 0 Å². The van der Waals surface area contributed by atoms with Crippen LogP contribution in [0.1, 0.15) is 15.9 Å². The number of rotatable bonds is 7. The van der Waals surface area contributed by atoms with Crippen LogP contribution in [0.25, 0.3) is 10.9 Å². The second-order valence-electron chi connectivity index (χ2n) is 4.65. The molecule has 108 valence electrons. The van der Waals surface area contributed by atoms with Crippen molar-refractivity contribution in [1.82, 2.24) is 20.8 Å². The molecule has 2 rings (SSSR count). The second-order valence-corrected chi connectivity index (χ2v) is 4.65. The van der Waals surface area contributed by atoms with Gasteiger partial charge < -0.3 is 15.4 Å². The fraction of sp³-hybridized carbons (Fsp3) is 0.429. The maximum Gasteiger partial charge on any atom is 0.253 e. The third kappa shape index (κ3) is 3.55. The first-order valence-corrected chi connectivity index (χ1v) is 6.64. The monoisotopic (exact) mass is 276 g/mol. The first-order valence-electron chi connectivity index (χ1n) is 6.64. The van der Waals surface area contributed by atoms with Gasteiger partial charge in [-0.25, -0.2) is 0 Å². The lowest BCUT2D eigenvalue weighted by Crippen LogP contribution is -2.33. The van der Waals surface area contributed by atoms with E-state index in [1.165, 1.54) is 0 Å². The summed E-state index contributed by atoms with van der Waals surface area (Å²) in [7, 11) is 1.66. The minimum Gasteiger partial charge on any atom is -0.383 e. The van der Waals surface area contributed by atoms with Crippen LogP contribution in [0, 0.1) is 6.92 Å². The molecule has 0 bridgehead atoms. The molecule has 1 amide bonds. The number of aromatic nitrogens is 2. The predicted octanol–water partition coefficient (Wildman–Crippen LogP) is 0.837. The summed E-state index contributed by atoms with van der Waals surface area (Å²) in [5.41, 5.74) is 2.46. The fourth-order valence-electron chi connectivity index (χ4n) is 2.05. The Morgan fingerprint density at radius 2 is 2.20 bits per heavy atom. The Labute approximate surface area is 117 Å². The molecule has 1 aromatic heterocycles. The SMILES string of the molecule is COCCNCCNC(=O)c1cc(C)cc2cn[nH]c12. The molecule has 6 nitrogen and oxygen atoms in total. The number of hydrogen-bond acceptors (Lipinski definition) is 4. The molecule has 0 spiro atoms. The molecule has 1 heterocycles. The molecular formula is C14H20N4O2. The molecule has 0 atom stereocenters. The summed E-state index contributed by atoms with van der Waals surface area (Å²) in [5, 5.41) is 13.9. The second kappa shape index (κ2) is 7.02. The van der Waals surface area contributed by atoms with E-state index >= 15 is 0 Å². The highest BCUT2D eigenvalue weighted by atomic mass is 16.5. The van der Waals surface area contributed by atoms with Crippen LogP contribution in [-0.2, 0) is 4.74 Å². The Hall–Kier alpha value is -1.92. The summed E-state index contributed by atoms with van der Waals surface area (Å²) in [6.45, 7) is 4.71. The minimum absolute atomic E-state index is 0.0866. The van der Waals surface area contributed by atoms with E-state index in [1.54, 1.807) is 13.3 Å². The van der Waals surface area contributed by atoms with Gasteiger partial charge in [0.1, 0.15) is 0 Å². The molecule has 0 unspecified atom stereocenters. The van der Waals surface area contributed by atoms with E-state index in [2.05, 4.69) is 20.8 Å². The zero-order valence-electron chi connectivity index (χ0n) is 11.8. The summed E-state index contributed by atoms with van der Waals surface area (Å²) in [6.07, 6.45) is 1.73. The molecule has 0 saturated heterocycles. The number of fused-ring (bicyclic) bond motifs is 1. The van der Waals surface area contributed by atoms with Gasteiger partial charge >= 0.3 is 0 Å². The van der Waals surface area contributed by atoms with Crippen molar-refractivity contribution in [3.63, 3.8) is 0 Å². The van der Waals surface area contributed by atoms with Crippen molar-refractivity contribution in [1.29, 1.82) is 0 Å². The Kier molecular flexibility index (Phi) is 5.09. The highest BCUT2D eigenvalue weighted by molar-refractivity contribution is 6.05. The molecule has 20 heavy (non-hydrogen) atoms. The highest BCUT2D eigenvalue weighted by Gasteiger charge is 2.11. The number of ether oxygens (including phenoxy) is 1. The fourth-order valence-corrected chi connectivity index (χ4v) is 2.05. The zero-order chi connectivity index (χ0) is 14.4. The van der Waals surface area contributed by atoms with E-state index in [0.29, 0.717) is 25.3 Å². The Bertz CT molecular complexity index is 580. The van der Waals surface area contributed by atoms with Crippen molar-refractivity contribution in [3.8, 4) is 0 Å². The summed E-state index contributed by atoms with van der Waals surface area (Å²) in [6, 6.07) is 3.87. The van der Waals surface area contributed by atoms with Gasteiger partial charge in [0.2, 0.25) is 0 Å². The molecule has 3 N–H and O–H groups in total. The summed E-state index contributed by atoms with van der Waals surface area (Å²) in [4.78, 5) is 12.2. The maximum absolute atomic E-state index is 12.2. The van der Waals surface area contributed by atoms with Crippen molar-refractivity contribution in [2.45, 2.75) is 6.92 Å². The van der Waals surface area contributed by atoms with Crippen molar-refractivity contribution in [2.75, 3.05) is 33.4 Å². The molecule has 0 radical (unpaired) electrons. The smallest absolute Gasteiger partial charge is 0.253 e. The van der Waals surface area contributed by atoms with Gasteiger partial charge in [-0.3, -0.25) is 9.89 Å². The average Bonchev–Trinajstić information content (AvgIpc) is 2.89. The van der Waals surface area contributed by atoms with E-state index in [9.17, 15) is 4.79 Å². The van der Waals surface area contributed by atoms with Crippen LogP contribution in [0.15, 0.2) is 18.3 Å². The molecule has 0 fully saturated rings. The molecule has 6 heteroatoms. The molecule has 0 saturated carbocycles. The Balaban J connectivity index is 1.92. The molecule has 0 aliphatic heterocycles. The molecular weight excluding hydrogens is 256 g/mol. The van der Waals surface area contributed by atoms with Crippen LogP contribution < -0.4 is 10.6 Å². The van der Waals surface area contributed by atoms with E-state index in [0.717, 1.165) is 23.0 Å². The number of nitrogens with zero attached hydrogens (tertiary/aromatic N) is 1. The van der Waals surface area contributed by atoms with Gasteiger partial charge in [-0.2, -0.15) is 5.10 Å². The Morgan fingerprint density at radius 1 is 1.35 bits per heavy atom. The topological polar surface area (TPSA) is 79.0 Å². The predicted molar refractivity (Wildman–Crippen MR) is 77.9 cm³/mol. The number of aryl methyl sites for hydroxylation is 1. The van der Waals surface area contributed by atoms with Gasteiger partial charge in [0.05, 0.1) is 23.9 Å². The van der Waals surface area contributed by atoms with Gasteiger partial charge in [-0.15, -0.1) is 0 Å². The minimum atomic E-state index is -0.0866. The van der Waals surface area contributed by atoms with Crippen molar-refractivity contribution < 1.29 is 9.53 Å². The summed E-state index contributed by atoms with van der Waals surface area (Å²) in [5.74, 6) is -0.0866. The highest BCUT2D eigenvalue weighted by Crippen LogP contribution is 2.18. The lowest BCUT2D eigenvalue weighted by atomic mass is 10.1. The molecule has 2 aromatic rings. The van der Waals surface area contributed by atoms with Crippen molar-refractivity contribution in [2.24, 2.45) is 0 Å². The number of amides is 1. The molecule has 0 aliphatic carbocycles. The van der Waals surface area contributed by atoms with E-state index in [1.807, 2.05) is 19.1 Å². The maximum atomic E-state index is 12.2. The lowest BCUT2D eigenvalue weighted by Gasteiger charge is -2.08. The summed E-state index contributed by atoms with van der Waals surface area (Å²) < 4.78 is 4.93. The van der Waals surface area contributed by atoms with E-state index < -0.39 is 0 Å². The van der Waals surface area contributed by atoms with Crippen LogP contribution in [0.2, 0.25) is 0 Å². The molecule has 1 aromatic carbocycles. The number of hydrogen-bond donors (Lipinski definition) is 3. The standard InChI is InChI=1S/C14H20N4O2/c1-10-7-11-9-17-18-13(11)12(8-10)14(19)16-4-3-15-5-6-20-2/h7-9,15H,3-6H2,1-2H3,(H,16,19)(H,17,18).